The summed E-state index contributed by atoms with van der Waals surface area (Å²) in [5.41, 5.74) is 0.396. The smallest absolute Gasteiger partial charge is 0.245 e. The molecule has 1 aromatic heterocycles. The SMILES string of the molecule is CC(=O)c1nn(CC(=O)N2[C@H]3[C@@H](C)[C@@]3(CN(C)C)C[C@H]2C(=O)NCc2cccc(Cl)c2F)c2cc(S(C)(=O)=O)ccc12. The predicted octanol–water partition coefficient (Wildman–Crippen LogP) is 2.92. The summed E-state index contributed by atoms with van der Waals surface area (Å²) in [6.07, 6.45) is 1.51. The van der Waals surface area contributed by atoms with E-state index >= 15 is 0 Å². The minimum absolute atomic E-state index is 0.0335. The number of sulfone groups is 1. The third kappa shape index (κ3) is 5.20. The molecule has 2 amide bonds. The molecule has 1 saturated carbocycles. The summed E-state index contributed by atoms with van der Waals surface area (Å²) in [4.78, 5) is 43.5. The molecule has 13 heteroatoms. The summed E-state index contributed by atoms with van der Waals surface area (Å²) in [6.45, 7) is 3.69. The third-order valence-electron chi connectivity index (χ3n) is 8.52. The minimum atomic E-state index is -3.56. The first kappa shape index (κ1) is 30.1. The summed E-state index contributed by atoms with van der Waals surface area (Å²) in [5, 5.41) is 7.54. The van der Waals surface area contributed by atoms with Gasteiger partial charge in [0.15, 0.2) is 15.6 Å². The van der Waals surface area contributed by atoms with Crippen LogP contribution in [0.15, 0.2) is 41.3 Å². The van der Waals surface area contributed by atoms with E-state index in [0.29, 0.717) is 23.9 Å². The van der Waals surface area contributed by atoms with E-state index in [2.05, 4.69) is 17.3 Å². The number of piperidine rings is 1. The Labute approximate surface area is 248 Å². The summed E-state index contributed by atoms with van der Waals surface area (Å²) in [7, 11) is 0.318. The fourth-order valence-electron chi connectivity index (χ4n) is 6.55. The van der Waals surface area contributed by atoms with Crippen molar-refractivity contribution in [3.8, 4) is 0 Å². The number of benzene rings is 2. The van der Waals surface area contributed by atoms with E-state index in [1.54, 1.807) is 11.0 Å². The van der Waals surface area contributed by atoms with Crippen molar-refractivity contribution >= 4 is 49.9 Å². The highest BCUT2D eigenvalue weighted by Crippen LogP contribution is 2.64. The Morgan fingerprint density at radius 2 is 1.93 bits per heavy atom. The van der Waals surface area contributed by atoms with Crippen LogP contribution in [0.1, 0.15) is 36.3 Å². The topological polar surface area (TPSA) is 122 Å². The largest absolute Gasteiger partial charge is 0.350 e. The monoisotopic (exact) mass is 617 g/mol. The van der Waals surface area contributed by atoms with Gasteiger partial charge in [0, 0.05) is 48.7 Å². The summed E-state index contributed by atoms with van der Waals surface area (Å²) >= 11 is 5.90. The second kappa shape index (κ2) is 10.7. The quantitative estimate of drug-likeness (QED) is 0.367. The summed E-state index contributed by atoms with van der Waals surface area (Å²) in [6, 6.07) is 7.88. The number of nitrogens with one attached hydrogen (secondary N) is 1. The van der Waals surface area contributed by atoms with Crippen LogP contribution in [0.2, 0.25) is 5.02 Å². The van der Waals surface area contributed by atoms with Gasteiger partial charge in [-0.2, -0.15) is 5.10 Å². The standard InChI is InChI=1S/C29H33ClFN5O5S/c1-16-27-29(16,15-34(3)4)12-23(28(39)32-13-18-7-6-8-21(30)25(18)31)36(27)24(38)14-35-22-11-19(42(5,40)41)9-10-20(22)26(33-35)17(2)37/h6-11,16,23,27H,12-15H2,1-5H3,(H,32,39)/t16-,23+,27+,29+/m1/s1. The molecular weight excluding hydrogens is 585 g/mol. The molecule has 0 spiro atoms. The van der Waals surface area contributed by atoms with Crippen LogP contribution in [0.25, 0.3) is 10.9 Å². The second-order valence-electron chi connectivity index (χ2n) is 11.7. The third-order valence-corrected chi connectivity index (χ3v) is 9.93. The van der Waals surface area contributed by atoms with Crippen LogP contribution < -0.4 is 5.32 Å². The normalized spacial score (nSPS) is 23.3. The van der Waals surface area contributed by atoms with Crippen LogP contribution in [0.3, 0.4) is 0 Å². The first-order valence-electron chi connectivity index (χ1n) is 13.5. The number of ketones is 1. The molecule has 224 valence electrons. The number of nitrogens with zero attached hydrogens (tertiary/aromatic N) is 4. The van der Waals surface area contributed by atoms with Gasteiger partial charge in [0.1, 0.15) is 24.1 Å². The van der Waals surface area contributed by atoms with E-state index in [4.69, 9.17) is 11.6 Å². The minimum Gasteiger partial charge on any atom is -0.350 e. The van der Waals surface area contributed by atoms with E-state index in [9.17, 15) is 27.2 Å². The number of aromatic nitrogens is 2. The van der Waals surface area contributed by atoms with Crippen molar-refractivity contribution in [3.05, 3.63) is 58.5 Å². The lowest BCUT2D eigenvalue weighted by atomic mass is 9.95. The number of amides is 2. The molecule has 0 unspecified atom stereocenters. The van der Waals surface area contributed by atoms with Crippen LogP contribution in [-0.2, 0) is 32.5 Å². The van der Waals surface area contributed by atoms with Crippen molar-refractivity contribution in [1.29, 1.82) is 0 Å². The van der Waals surface area contributed by atoms with Gasteiger partial charge in [0.2, 0.25) is 11.8 Å². The molecule has 3 aromatic rings. The maximum absolute atomic E-state index is 14.5. The average molecular weight is 618 g/mol. The lowest BCUT2D eigenvalue weighted by molar-refractivity contribution is -0.140. The number of fused-ring (bicyclic) bond motifs is 2. The van der Waals surface area contributed by atoms with Crippen molar-refractivity contribution in [3.63, 3.8) is 0 Å². The fourth-order valence-corrected chi connectivity index (χ4v) is 7.38. The van der Waals surface area contributed by atoms with Gasteiger partial charge in [0.25, 0.3) is 0 Å². The van der Waals surface area contributed by atoms with E-state index in [-0.39, 0.29) is 63.3 Å². The average Bonchev–Trinajstić information content (AvgIpc) is 3.19. The lowest BCUT2D eigenvalue weighted by Crippen LogP contribution is -2.49. The molecule has 1 saturated heterocycles. The Morgan fingerprint density at radius 3 is 2.57 bits per heavy atom. The Kier molecular flexibility index (Phi) is 7.70. The Morgan fingerprint density at radius 1 is 1.21 bits per heavy atom. The Balaban J connectivity index is 1.47. The van der Waals surface area contributed by atoms with E-state index in [0.717, 1.165) is 6.26 Å². The Bertz CT molecular complexity index is 1720. The molecule has 42 heavy (non-hydrogen) atoms. The van der Waals surface area contributed by atoms with Crippen LogP contribution in [0, 0.1) is 17.2 Å². The molecule has 2 heterocycles. The van der Waals surface area contributed by atoms with Gasteiger partial charge < -0.3 is 15.1 Å². The maximum atomic E-state index is 14.5. The first-order chi connectivity index (χ1) is 19.7. The zero-order valence-electron chi connectivity index (χ0n) is 24.0. The number of carbonyl (C=O) groups excluding carboxylic acids is 3. The van der Waals surface area contributed by atoms with Crippen LogP contribution in [0.4, 0.5) is 4.39 Å². The first-order valence-corrected chi connectivity index (χ1v) is 15.8. The number of Topliss-reactive ketones (excluding diaryl/α,β-unsaturated/α-hetero) is 1. The van der Waals surface area contributed by atoms with Gasteiger partial charge >= 0.3 is 0 Å². The van der Waals surface area contributed by atoms with Gasteiger partial charge in [-0.25, -0.2) is 12.8 Å². The highest BCUT2D eigenvalue weighted by Gasteiger charge is 2.72. The van der Waals surface area contributed by atoms with Crippen molar-refractivity contribution in [2.45, 2.75) is 50.3 Å². The number of halogens is 2. The van der Waals surface area contributed by atoms with Crippen molar-refractivity contribution in [2.24, 2.45) is 11.3 Å². The molecule has 2 aliphatic rings. The molecule has 5 rings (SSSR count). The van der Waals surface area contributed by atoms with Gasteiger partial charge in [-0.1, -0.05) is 30.7 Å². The number of rotatable bonds is 9. The number of hydrogen-bond donors (Lipinski definition) is 1. The van der Waals surface area contributed by atoms with Gasteiger partial charge in [-0.05, 0) is 50.7 Å². The molecule has 1 aliphatic carbocycles. The predicted molar refractivity (Wildman–Crippen MR) is 155 cm³/mol. The molecule has 0 radical (unpaired) electrons. The zero-order chi connectivity index (χ0) is 30.7. The number of carbonyl (C=O) groups is 3. The van der Waals surface area contributed by atoms with Crippen molar-refractivity contribution in [2.75, 3.05) is 26.9 Å². The van der Waals surface area contributed by atoms with Gasteiger partial charge in [0.05, 0.1) is 15.4 Å². The molecular formula is C29H33ClFN5O5S. The highest BCUT2D eigenvalue weighted by molar-refractivity contribution is 7.90. The van der Waals surface area contributed by atoms with Gasteiger partial charge in [-0.15, -0.1) is 0 Å². The highest BCUT2D eigenvalue weighted by atomic mass is 35.5. The zero-order valence-corrected chi connectivity index (χ0v) is 25.6. The van der Waals surface area contributed by atoms with Crippen molar-refractivity contribution < 1.29 is 27.2 Å². The molecule has 2 aromatic carbocycles. The lowest BCUT2D eigenvalue weighted by Gasteiger charge is -2.28. The number of likely N-dealkylation sites (tertiary alicyclic amines) is 1. The molecule has 1 aliphatic heterocycles. The fraction of sp³-hybridized carbons (Fsp3) is 0.448. The maximum Gasteiger partial charge on any atom is 0.245 e. The van der Waals surface area contributed by atoms with Crippen LogP contribution >= 0.6 is 11.6 Å². The summed E-state index contributed by atoms with van der Waals surface area (Å²) < 4.78 is 40.3. The van der Waals surface area contributed by atoms with E-state index < -0.39 is 27.6 Å². The molecule has 0 bridgehead atoms. The molecule has 10 nitrogen and oxygen atoms in total. The van der Waals surface area contributed by atoms with Crippen LogP contribution in [0.5, 0.6) is 0 Å². The molecule has 1 N–H and O–H groups in total. The molecule has 4 atom stereocenters. The Hall–Kier alpha value is -3.35. The number of hydrogen-bond acceptors (Lipinski definition) is 7. The molecule has 2 fully saturated rings. The van der Waals surface area contributed by atoms with E-state index in [1.807, 2.05) is 19.0 Å². The second-order valence-corrected chi connectivity index (χ2v) is 14.1. The van der Waals surface area contributed by atoms with Crippen molar-refractivity contribution in [1.82, 2.24) is 24.9 Å². The van der Waals surface area contributed by atoms with Gasteiger partial charge in [-0.3, -0.25) is 19.1 Å². The summed E-state index contributed by atoms with van der Waals surface area (Å²) in [5.74, 6) is -1.60. The van der Waals surface area contributed by atoms with Crippen LogP contribution in [-0.4, -0.2) is 84.6 Å². The van der Waals surface area contributed by atoms with E-state index in [1.165, 1.54) is 41.9 Å².